The van der Waals surface area contributed by atoms with E-state index in [2.05, 4.69) is 15.1 Å². The minimum absolute atomic E-state index is 0.0590. The zero-order chi connectivity index (χ0) is 26.6. The van der Waals surface area contributed by atoms with Crippen LogP contribution in [0.2, 0.25) is 0 Å². The molecule has 1 atom stereocenters. The van der Waals surface area contributed by atoms with Gasteiger partial charge in [0.1, 0.15) is 16.4 Å². The van der Waals surface area contributed by atoms with Crippen LogP contribution in [0.1, 0.15) is 46.7 Å². The van der Waals surface area contributed by atoms with Crippen molar-refractivity contribution in [3.05, 3.63) is 59.3 Å². The van der Waals surface area contributed by atoms with Gasteiger partial charge < -0.3 is 19.9 Å². The molecule has 0 saturated heterocycles. The number of aromatic nitrogens is 2. The molecule has 0 bridgehead atoms. The Morgan fingerprint density at radius 3 is 2.39 bits per heavy atom. The molecule has 0 aliphatic rings. The average molecular weight is 517 g/mol. The molecule has 11 nitrogen and oxygen atoms in total. The lowest BCUT2D eigenvalue weighted by molar-refractivity contribution is 0.0688. The minimum atomic E-state index is -4.08. The summed E-state index contributed by atoms with van der Waals surface area (Å²) in [7, 11) is -1.07. The molecule has 1 heterocycles. The number of amides is 1. The number of carboxylic acids is 1. The van der Waals surface area contributed by atoms with Crippen molar-refractivity contribution in [3.8, 4) is 17.4 Å². The number of aromatic carboxylic acids is 1. The number of aryl methyl sites for hydroxylation is 1. The van der Waals surface area contributed by atoms with Crippen molar-refractivity contribution in [3.63, 3.8) is 0 Å². The Labute approximate surface area is 209 Å². The number of ether oxygens (including phenoxy) is 2. The zero-order valence-electron chi connectivity index (χ0n) is 20.5. The molecule has 3 rings (SSSR count). The van der Waals surface area contributed by atoms with Crippen LogP contribution in [0.15, 0.2) is 47.4 Å². The first-order valence-electron chi connectivity index (χ1n) is 11.0. The molecule has 192 valence electrons. The fourth-order valence-electron chi connectivity index (χ4n) is 3.30. The number of carbonyl (C=O) groups excluding carboxylic acids is 1. The van der Waals surface area contributed by atoms with Gasteiger partial charge in [0.15, 0.2) is 5.69 Å². The second kappa shape index (κ2) is 10.8. The predicted octanol–water partition coefficient (Wildman–Crippen LogP) is 3.56. The Bertz CT molecular complexity index is 1380. The van der Waals surface area contributed by atoms with E-state index in [1.807, 2.05) is 6.92 Å². The van der Waals surface area contributed by atoms with Crippen LogP contribution in [0, 0.1) is 6.92 Å². The molecule has 0 fully saturated rings. The van der Waals surface area contributed by atoms with E-state index < -0.39 is 21.9 Å². The smallest absolute Gasteiger partial charge is 0.356 e. The van der Waals surface area contributed by atoms with E-state index in [1.54, 1.807) is 31.2 Å². The molecular formula is C24H28N4O7S. The highest BCUT2D eigenvalue weighted by Gasteiger charge is 2.26. The number of anilines is 1. The monoisotopic (exact) mass is 516 g/mol. The first-order valence-corrected chi connectivity index (χ1v) is 12.5. The summed E-state index contributed by atoms with van der Waals surface area (Å²) in [5, 5.41) is 15.9. The number of hydrogen-bond acceptors (Lipinski definition) is 7. The Morgan fingerprint density at radius 2 is 1.83 bits per heavy atom. The van der Waals surface area contributed by atoms with Crippen LogP contribution in [0.25, 0.3) is 0 Å². The van der Waals surface area contributed by atoms with Gasteiger partial charge in [-0.3, -0.25) is 4.79 Å². The van der Waals surface area contributed by atoms with E-state index in [9.17, 15) is 23.1 Å². The molecule has 0 saturated carbocycles. The van der Waals surface area contributed by atoms with Gasteiger partial charge in [-0.25, -0.2) is 22.6 Å². The van der Waals surface area contributed by atoms with Gasteiger partial charge in [-0.15, -0.1) is 0 Å². The molecule has 0 aliphatic carbocycles. The molecule has 3 N–H and O–H groups in total. The molecule has 3 aromatic rings. The predicted molar refractivity (Wildman–Crippen MR) is 132 cm³/mol. The third-order valence-corrected chi connectivity index (χ3v) is 7.05. The summed E-state index contributed by atoms with van der Waals surface area (Å²) < 4.78 is 41.2. The maximum absolute atomic E-state index is 13.2. The standard InChI is InChI=1S/C24H28N4O7S/c1-6-14(2)27-36(32,33)20-13-17(25-22(29)16-7-10-18(34-5)11-8-16)9-12-19(20)35-23-15(3)21(24(30)31)26-28(23)4/h7-14,27H,6H2,1-5H3,(H,25,29)(H,30,31)/t14-/m0/s1. The first kappa shape index (κ1) is 26.7. The number of carbonyl (C=O) groups is 2. The number of hydrogen-bond donors (Lipinski definition) is 3. The Balaban J connectivity index is 2.01. The third kappa shape index (κ3) is 5.83. The summed E-state index contributed by atoms with van der Waals surface area (Å²) in [6.45, 7) is 5.07. The second-order valence-corrected chi connectivity index (χ2v) is 9.77. The van der Waals surface area contributed by atoms with Crippen LogP contribution in [0.5, 0.6) is 17.4 Å². The third-order valence-electron chi connectivity index (χ3n) is 5.44. The van der Waals surface area contributed by atoms with E-state index in [-0.39, 0.29) is 39.5 Å². The number of nitrogens with one attached hydrogen (secondary N) is 2. The Hall–Kier alpha value is -3.90. The number of benzene rings is 2. The van der Waals surface area contributed by atoms with Crippen molar-refractivity contribution in [1.29, 1.82) is 0 Å². The van der Waals surface area contributed by atoms with Crippen LogP contribution in [0.4, 0.5) is 5.69 Å². The Kier molecular flexibility index (Phi) is 8.00. The molecule has 0 aliphatic heterocycles. The van der Waals surface area contributed by atoms with E-state index in [4.69, 9.17) is 9.47 Å². The van der Waals surface area contributed by atoms with E-state index in [1.165, 1.54) is 44.0 Å². The molecule has 0 radical (unpaired) electrons. The fourth-order valence-corrected chi connectivity index (χ4v) is 4.78. The van der Waals surface area contributed by atoms with Crippen LogP contribution in [-0.4, -0.2) is 48.3 Å². The van der Waals surface area contributed by atoms with Crippen molar-refractivity contribution in [2.45, 2.75) is 38.1 Å². The van der Waals surface area contributed by atoms with Crippen LogP contribution >= 0.6 is 0 Å². The number of nitrogens with zero attached hydrogens (tertiary/aromatic N) is 2. The quantitative estimate of drug-likeness (QED) is 0.370. The van der Waals surface area contributed by atoms with E-state index in [0.717, 1.165) is 0 Å². The van der Waals surface area contributed by atoms with Gasteiger partial charge in [0.25, 0.3) is 5.91 Å². The van der Waals surface area contributed by atoms with Crippen molar-refractivity contribution in [2.75, 3.05) is 12.4 Å². The molecule has 1 aromatic heterocycles. The topological polar surface area (TPSA) is 149 Å². The summed E-state index contributed by atoms with van der Waals surface area (Å²) in [5.41, 5.74) is 0.601. The summed E-state index contributed by atoms with van der Waals surface area (Å²) >= 11 is 0. The normalized spacial score (nSPS) is 12.1. The molecule has 36 heavy (non-hydrogen) atoms. The van der Waals surface area contributed by atoms with Gasteiger partial charge >= 0.3 is 5.97 Å². The number of methoxy groups -OCH3 is 1. The van der Waals surface area contributed by atoms with Gasteiger partial charge in [0.2, 0.25) is 15.9 Å². The summed E-state index contributed by atoms with van der Waals surface area (Å²) in [6.07, 6.45) is 0.548. The molecule has 0 unspecified atom stereocenters. The summed E-state index contributed by atoms with van der Waals surface area (Å²) in [6, 6.07) is 10.2. The molecule has 2 aromatic carbocycles. The molecule has 0 spiro atoms. The van der Waals surface area contributed by atoms with Gasteiger partial charge in [-0.05, 0) is 62.7 Å². The van der Waals surface area contributed by atoms with E-state index >= 15 is 0 Å². The lowest BCUT2D eigenvalue weighted by Gasteiger charge is -2.17. The molecule has 1 amide bonds. The maximum Gasteiger partial charge on any atom is 0.356 e. The van der Waals surface area contributed by atoms with Crippen molar-refractivity contribution in [2.24, 2.45) is 7.05 Å². The summed E-state index contributed by atoms with van der Waals surface area (Å²) in [5.74, 6) is -1.08. The number of rotatable bonds is 10. The SMILES string of the molecule is CC[C@H](C)NS(=O)(=O)c1cc(NC(=O)c2ccc(OC)cc2)ccc1Oc1c(C)c(C(=O)O)nn1C. The average Bonchev–Trinajstić information content (AvgIpc) is 3.13. The van der Waals surface area contributed by atoms with Crippen molar-refractivity contribution < 1.29 is 32.6 Å². The van der Waals surface area contributed by atoms with Gasteiger partial charge in [0.05, 0.1) is 7.11 Å². The van der Waals surface area contributed by atoms with Gasteiger partial charge in [-0.1, -0.05) is 6.92 Å². The maximum atomic E-state index is 13.2. The van der Waals surface area contributed by atoms with Crippen molar-refractivity contribution in [1.82, 2.24) is 14.5 Å². The largest absolute Gasteiger partial charge is 0.497 e. The molecular weight excluding hydrogens is 488 g/mol. The van der Waals surface area contributed by atoms with E-state index in [0.29, 0.717) is 17.7 Å². The Morgan fingerprint density at radius 1 is 1.17 bits per heavy atom. The second-order valence-electron chi connectivity index (χ2n) is 8.08. The number of carboxylic acid groups (broad SMARTS) is 1. The highest BCUT2D eigenvalue weighted by molar-refractivity contribution is 7.89. The van der Waals surface area contributed by atoms with Crippen LogP contribution < -0.4 is 19.5 Å². The van der Waals surface area contributed by atoms with Crippen LogP contribution in [-0.2, 0) is 17.1 Å². The van der Waals surface area contributed by atoms with Gasteiger partial charge in [-0.2, -0.15) is 5.10 Å². The minimum Gasteiger partial charge on any atom is -0.497 e. The highest BCUT2D eigenvalue weighted by Crippen LogP contribution is 2.34. The first-order chi connectivity index (χ1) is 17.0. The van der Waals surface area contributed by atoms with Crippen LogP contribution in [0.3, 0.4) is 0 Å². The van der Waals surface area contributed by atoms with Gasteiger partial charge in [0, 0.05) is 29.9 Å². The zero-order valence-corrected chi connectivity index (χ0v) is 21.3. The lowest BCUT2D eigenvalue weighted by atomic mass is 10.2. The number of sulfonamides is 1. The molecule has 12 heteroatoms. The van der Waals surface area contributed by atoms with Crippen molar-refractivity contribution >= 4 is 27.6 Å². The highest BCUT2D eigenvalue weighted by atomic mass is 32.2. The summed E-state index contributed by atoms with van der Waals surface area (Å²) in [4.78, 5) is 23.9. The lowest BCUT2D eigenvalue weighted by Crippen LogP contribution is -2.32. The fraction of sp³-hybridized carbons (Fsp3) is 0.292.